The van der Waals surface area contributed by atoms with Crippen LogP contribution in [-0.2, 0) is 0 Å². The van der Waals surface area contributed by atoms with Crippen LogP contribution in [0.1, 0.15) is 20.8 Å². The van der Waals surface area contributed by atoms with E-state index in [-0.39, 0.29) is 11.8 Å². The van der Waals surface area contributed by atoms with Crippen molar-refractivity contribution in [2.75, 3.05) is 39.3 Å². The van der Waals surface area contributed by atoms with Crippen LogP contribution >= 0.6 is 22.7 Å². The Morgan fingerprint density at radius 2 is 1.71 bits per heavy atom. The molecule has 0 N–H and O–H groups in total. The van der Waals surface area contributed by atoms with Gasteiger partial charge in [-0.15, -0.1) is 22.7 Å². The average Bonchev–Trinajstić information content (AvgIpc) is 3.53. The van der Waals surface area contributed by atoms with E-state index < -0.39 is 0 Å². The van der Waals surface area contributed by atoms with Crippen molar-refractivity contribution in [3.63, 3.8) is 0 Å². The zero-order chi connectivity index (χ0) is 23.1. The topological polar surface area (TPSA) is 69.6 Å². The molecule has 0 aliphatic carbocycles. The minimum absolute atomic E-state index is 0.0141. The SMILES string of the molecule is O=C(c1ccc2nc(-c3ccccc3)sc2c1)N1CC(N2CCN(C(=O)c3cscn3)CC2)C1. The van der Waals surface area contributed by atoms with Crippen LogP contribution < -0.4 is 0 Å². The van der Waals surface area contributed by atoms with Crippen LogP contribution in [0.4, 0.5) is 0 Å². The number of carbonyl (C=O) groups is 2. The molecule has 2 amide bonds. The summed E-state index contributed by atoms with van der Waals surface area (Å²) in [7, 11) is 0. The predicted octanol–water partition coefficient (Wildman–Crippen LogP) is 3.70. The number of aromatic nitrogens is 2. The quantitative estimate of drug-likeness (QED) is 0.437. The zero-order valence-electron chi connectivity index (χ0n) is 18.5. The molecule has 0 unspecified atom stereocenters. The number of benzene rings is 2. The molecule has 4 aromatic rings. The van der Waals surface area contributed by atoms with E-state index in [0.29, 0.717) is 30.4 Å². The summed E-state index contributed by atoms with van der Waals surface area (Å²) >= 11 is 3.06. The lowest BCUT2D eigenvalue weighted by molar-refractivity contribution is 0.00845. The van der Waals surface area contributed by atoms with E-state index in [1.807, 2.05) is 46.2 Å². The monoisotopic (exact) mass is 489 g/mol. The molecule has 172 valence electrons. The normalized spacial score (nSPS) is 17.2. The van der Waals surface area contributed by atoms with Gasteiger partial charge in [0.15, 0.2) is 0 Å². The maximum absolute atomic E-state index is 13.1. The lowest BCUT2D eigenvalue weighted by atomic mass is 10.0. The van der Waals surface area contributed by atoms with Crippen molar-refractivity contribution in [2.24, 2.45) is 0 Å². The van der Waals surface area contributed by atoms with Crippen LogP contribution in [0.25, 0.3) is 20.8 Å². The molecule has 34 heavy (non-hydrogen) atoms. The number of likely N-dealkylation sites (tertiary alicyclic amines) is 1. The molecule has 2 aromatic heterocycles. The molecule has 0 saturated carbocycles. The highest BCUT2D eigenvalue weighted by molar-refractivity contribution is 7.21. The van der Waals surface area contributed by atoms with Gasteiger partial charge in [0, 0.05) is 61.8 Å². The molecule has 6 rings (SSSR count). The first-order valence-corrected chi connectivity index (χ1v) is 13.1. The Morgan fingerprint density at radius 3 is 2.44 bits per heavy atom. The first-order valence-electron chi connectivity index (χ1n) is 11.3. The van der Waals surface area contributed by atoms with Gasteiger partial charge in [-0.05, 0) is 18.2 Å². The van der Waals surface area contributed by atoms with Gasteiger partial charge in [0.1, 0.15) is 10.7 Å². The number of piperazine rings is 1. The third-order valence-corrected chi connectivity index (χ3v) is 8.23. The van der Waals surface area contributed by atoms with Crippen LogP contribution in [0.5, 0.6) is 0 Å². The molecular weight excluding hydrogens is 466 g/mol. The molecule has 7 nitrogen and oxygen atoms in total. The van der Waals surface area contributed by atoms with E-state index in [1.54, 1.807) is 22.2 Å². The van der Waals surface area contributed by atoms with Crippen molar-refractivity contribution in [3.05, 3.63) is 70.7 Å². The maximum Gasteiger partial charge on any atom is 0.273 e. The van der Waals surface area contributed by atoms with Crippen molar-refractivity contribution >= 4 is 44.7 Å². The van der Waals surface area contributed by atoms with Crippen molar-refractivity contribution in [1.82, 2.24) is 24.7 Å². The second-order valence-electron chi connectivity index (χ2n) is 8.63. The fourth-order valence-electron chi connectivity index (χ4n) is 4.57. The Kier molecular flexibility index (Phi) is 5.60. The van der Waals surface area contributed by atoms with Crippen LogP contribution in [0.15, 0.2) is 59.4 Å². The van der Waals surface area contributed by atoms with Gasteiger partial charge in [-0.2, -0.15) is 0 Å². The molecular formula is C25H23N5O2S2. The number of carbonyl (C=O) groups excluding carboxylic acids is 2. The number of amides is 2. The fraction of sp³-hybridized carbons (Fsp3) is 0.280. The van der Waals surface area contributed by atoms with Gasteiger partial charge in [0.2, 0.25) is 0 Å². The Morgan fingerprint density at radius 1 is 0.912 bits per heavy atom. The smallest absolute Gasteiger partial charge is 0.273 e. The number of rotatable bonds is 4. The Bertz CT molecular complexity index is 1320. The van der Waals surface area contributed by atoms with Gasteiger partial charge in [0.25, 0.3) is 11.8 Å². The summed E-state index contributed by atoms with van der Waals surface area (Å²) in [5.74, 6) is 0.0883. The van der Waals surface area contributed by atoms with Crippen molar-refractivity contribution in [1.29, 1.82) is 0 Å². The van der Waals surface area contributed by atoms with Gasteiger partial charge in [-0.1, -0.05) is 30.3 Å². The first kappa shape index (κ1) is 21.4. The summed E-state index contributed by atoms with van der Waals surface area (Å²) in [6.45, 7) is 4.53. The largest absolute Gasteiger partial charge is 0.335 e. The Labute approximate surface area is 205 Å². The summed E-state index contributed by atoms with van der Waals surface area (Å²) in [6, 6.07) is 16.3. The molecule has 0 spiro atoms. The molecule has 0 bridgehead atoms. The van der Waals surface area contributed by atoms with E-state index in [0.717, 1.165) is 47.0 Å². The van der Waals surface area contributed by atoms with Crippen LogP contribution in [0.2, 0.25) is 0 Å². The zero-order valence-corrected chi connectivity index (χ0v) is 20.1. The van der Waals surface area contributed by atoms with Gasteiger partial charge in [0.05, 0.1) is 15.7 Å². The molecule has 0 atom stereocenters. The minimum Gasteiger partial charge on any atom is -0.335 e. The van der Waals surface area contributed by atoms with Crippen LogP contribution in [-0.4, -0.2) is 81.8 Å². The number of nitrogens with zero attached hydrogens (tertiary/aromatic N) is 5. The predicted molar refractivity (Wildman–Crippen MR) is 134 cm³/mol. The van der Waals surface area contributed by atoms with Gasteiger partial charge >= 0.3 is 0 Å². The third kappa shape index (κ3) is 4.00. The number of thiazole rings is 2. The Balaban J connectivity index is 1.06. The second-order valence-corrected chi connectivity index (χ2v) is 10.4. The van der Waals surface area contributed by atoms with Gasteiger partial charge in [-0.3, -0.25) is 14.5 Å². The van der Waals surface area contributed by atoms with Crippen molar-refractivity contribution in [2.45, 2.75) is 6.04 Å². The number of hydrogen-bond donors (Lipinski definition) is 0. The summed E-state index contributed by atoms with van der Waals surface area (Å²) < 4.78 is 1.03. The number of hydrogen-bond acceptors (Lipinski definition) is 7. The van der Waals surface area contributed by atoms with Crippen molar-refractivity contribution in [3.8, 4) is 10.6 Å². The van der Waals surface area contributed by atoms with E-state index in [4.69, 9.17) is 4.98 Å². The number of fused-ring (bicyclic) bond motifs is 1. The lowest BCUT2D eigenvalue weighted by Gasteiger charge is -2.48. The van der Waals surface area contributed by atoms with Crippen LogP contribution in [0, 0.1) is 0 Å². The van der Waals surface area contributed by atoms with Crippen LogP contribution in [0.3, 0.4) is 0 Å². The van der Waals surface area contributed by atoms with E-state index in [9.17, 15) is 9.59 Å². The third-order valence-electron chi connectivity index (χ3n) is 6.57. The van der Waals surface area contributed by atoms with E-state index in [1.165, 1.54) is 11.3 Å². The van der Waals surface area contributed by atoms with E-state index >= 15 is 0 Å². The summed E-state index contributed by atoms with van der Waals surface area (Å²) in [5.41, 5.74) is 4.96. The maximum atomic E-state index is 13.1. The summed E-state index contributed by atoms with van der Waals surface area (Å²) in [6.07, 6.45) is 0. The Hall–Kier alpha value is -3.14. The standard InChI is InChI=1S/C25H23N5O2S2/c31-24(18-6-7-20-22(12-18)34-23(27-20)17-4-2-1-3-5-17)30-13-19(14-30)28-8-10-29(11-9-28)25(32)21-15-33-16-26-21/h1-7,12,15-16,19H,8-11,13-14H2. The molecule has 9 heteroatoms. The molecule has 2 aliphatic rings. The fourth-order valence-corrected chi connectivity index (χ4v) is 6.10. The second kappa shape index (κ2) is 8.90. The molecule has 2 aliphatic heterocycles. The van der Waals surface area contributed by atoms with Gasteiger partial charge in [-0.25, -0.2) is 9.97 Å². The van der Waals surface area contributed by atoms with E-state index in [2.05, 4.69) is 22.0 Å². The highest BCUT2D eigenvalue weighted by atomic mass is 32.1. The first-order chi connectivity index (χ1) is 16.7. The van der Waals surface area contributed by atoms with Gasteiger partial charge < -0.3 is 9.80 Å². The highest BCUT2D eigenvalue weighted by Gasteiger charge is 2.37. The lowest BCUT2D eigenvalue weighted by Crippen LogP contribution is -2.64. The molecule has 2 aromatic carbocycles. The summed E-state index contributed by atoms with van der Waals surface area (Å²) in [4.78, 5) is 40.6. The summed E-state index contributed by atoms with van der Waals surface area (Å²) in [5, 5.41) is 2.77. The molecule has 2 fully saturated rings. The highest BCUT2D eigenvalue weighted by Crippen LogP contribution is 2.31. The molecule has 2 saturated heterocycles. The van der Waals surface area contributed by atoms with Crippen molar-refractivity contribution < 1.29 is 9.59 Å². The molecule has 0 radical (unpaired) electrons. The molecule has 4 heterocycles. The minimum atomic E-state index is 0.0141. The average molecular weight is 490 g/mol.